The highest BCUT2D eigenvalue weighted by Crippen LogP contribution is 2.34. The van der Waals surface area contributed by atoms with Crippen molar-refractivity contribution in [1.29, 1.82) is 0 Å². The van der Waals surface area contributed by atoms with E-state index in [2.05, 4.69) is 14.7 Å². The molecule has 1 atom stereocenters. The van der Waals surface area contributed by atoms with Crippen LogP contribution < -0.4 is 9.62 Å². The van der Waals surface area contributed by atoms with Crippen LogP contribution in [0.3, 0.4) is 0 Å². The van der Waals surface area contributed by atoms with Gasteiger partial charge in [-0.1, -0.05) is 0 Å². The first-order valence-corrected chi connectivity index (χ1v) is 10.8. The van der Waals surface area contributed by atoms with Gasteiger partial charge in [-0.05, 0) is 49.8 Å². The smallest absolute Gasteiger partial charge is 0.356 e. The maximum absolute atomic E-state index is 13.1. The van der Waals surface area contributed by atoms with E-state index in [1.54, 1.807) is 0 Å². The van der Waals surface area contributed by atoms with E-state index in [4.69, 9.17) is 0 Å². The van der Waals surface area contributed by atoms with Crippen molar-refractivity contribution in [2.24, 2.45) is 5.92 Å². The maximum Gasteiger partial charge on any atom is 0.416 e. The number of anilines is 1. The first-order chi connectivity index (χ1) is 13.2. The molecule has 6 nitrogen and oxygen atoms in total. The number of hydrogen-bond donors (Lipinski definition) is 1. The monoisotopic (exact) mass is 414 g/mol. The number of aromatic nitrogens is 2. The predicted octanol–water partition coefficient (Wildman–Crippen LogP) is 2.95. The number of benzene rings is 1. The van der Waals surface area contributed by atoms with E-state index >= 15 is 0 Å². The third kappa shape index (κ3) is 4.07. The van der Waals surface area contributed by atoms with Gasteiger partial charge in [0.15, 0.2) is 0 Å². The zero-order chi connectivity index (χ0) is 19.9. The minimum Gasteiger partial charge on any atom is -0.356 e. The molecule has 10 heteroatoms. The zero-order valence-electron chi connectivity index (χ0n) is 15.1. The van der Waals surface area contributed by atoms with E-state index in [9.17, 15) is 21.6 Å². The molecule has 0 spiro atoms. The van der Waals surface area contributed by atoms with E-state index < -0.39 is 21.8 Å². The first kappa shape index (κ1) is 19.4. The van der Waals surface area contributed by atoms with Gasteiger partial charge in [0.05, 0.1) is 16.3 Å². The lowest BCUT2D eigenvalue weighted by atomic mass is 9.98. The van der Waals surface area contributed by atoms with Crippen LogP contribution in [0.4, 0.5) is 19.0 Å². The van der Waals surface area contributed by atoms with Crippen molar-refractivity contribution in [3.8, 4) is 0 Å². The van der Waals surface area contributed by atoms with Gasteiger partial charge in [-0.3, -0.25) is 0 Å². The summed E-state index contributed by atoms with van der Waals surface area (Å²) in [5.41, 5.74) is -0.281. The molecule has 1 saturated carbocycles. The van der Waals surface area contributed by atoms with Crippen molar-refractivity contribution < 1.29 is 21.6 Å². The van der Waals surface area contributed by atoms with E-state index in [0.29, 0.717) is 49.2 Å². The topological polar surface area (TPSA) is 75.2 Å². The standard InChI is InChI=1S/C18H21F3N4O2S/c19-18(20,21)13-3-6-16-15(8-13)17(23-11-22-16)25-7-1-2-12(10-25)9-24-28(26,27)14-4-5-14/h3,6,8,11-12,14,24H,1-2,4-5,7,9-10H2. The second kappa shape index (κ2) is 7.14. The van der Waals surface area contributed by atoms with E-state index in [1.165, 1.54) is 12.4 Å². The Kier molecular flexibility index (Phi) is 4.95. The van der Waals surface area contributed by atoms with Crippen molar-refractivity contribution in [2.45, 2.75) is 37.1 Å². The van der Waals surface area contributed by atoms with Crippen LogP contribution in [0.15, 0.2) is 24.5 Å². The van der Waals surface area contributed by atoms with Crippen LogP contribution in [0.25, 0.3) is 10.9 Å². The summed E-state index contributed by atoms with van der Waals surface area (Å²) in [4.78, 5) is 10.3. The number of alkyl halides is 3. The van der Waals surface area contributed by atoms with Gasteiger partial charge in [0.2, 0.25) is 10.0 Å². The van der Waals surface area contributed by atoms with Crippen LogP contribution >= 0.6 is 0 Å². The lowest BCUT2D eigenvalue weighted by Crippen LogP contribution is -2.42. The summed E-state index contributed by atoms with van der Waals surface area (Å²) >= 11 is 0. The second-order valence-corrected chi connectivity index (χ2v) is 9.52. The molecule has 2 aromatic rings. The summed E-state index contributed by atoms with van der Waals surface area (Å²) in [5.74, 6) is 0.545. The van der Waals surface area contributed by atoms with Crippen LogP contribution in [-0.2, 0) is 16.2 Å². The number of fused-ring (bicyclic) bond motifs is 1. The van der Waals surface area contributed by atoms with E-state index in [0.717, 1.165) is 25.0 Å². The molecule has 0 amide bonds. The molecule has 1 aliphatic carbocycles. The van der Waals surface area contributed by atoms with Gasteiger partial charge in [0, 0.05) is 25.0 Å². The van der Waals surface area contributed by atoms with Crippen molar-refractivity contribution in [3.63, 3.8) is 0 Å². The molecular weight excluding hydrogens is 393 g/mol. The van der Waals surface area contributed by atoms with Crippen molar-refractivity contribution in [3.05, 3.63) is 30.1 Å². The Balaban J connectivity index is 1.55. The fraction of sp³-hybridized carbons (Fsp3) is 0.556. The Morgan fingerprint density at radius 2 is 1.96 bits per heavy atom. The minimum atomic E-state index is -4.44. The quantitative estimate of drug-likeness (QED) is 0.814. The molecule has 0 bridgehead atoms. The lowest BCUT2D eigenvalue weighted by Gasteiger charge is -2.34. The largest absolute Gasteiger partial charge is 0.416 e. The van der Waals surface area contributed by atoms with Gasteiger partial charge >= 0.3 is 6.18 Å². The molecule has 2 fully saturated rings. The Hall–Kier alpha value is -1.94. The molecule has 1 N–H and O–H groups in total. The van der Waals surface area contributed by atoms with Gasteiger partial charge in [0.25, 0.3) is 0 Å². The molecule has 1 aliphatic heterocycles. The Morgan fingerprint density at radius 1 is 1.18 bits per heavy atom. The molecular formula is C18H21F3N4O2S. The van der Waals surface area contributed by atoms with Crippen molar-refractivity contribution in [2.75, 3.05) is 24.5 Å². The molecule has 28 heavy (non-hydrogen) atoms. The normalized spacial score (nSPS) is 21.2. The summed E-state index contributed by atoms with van der Waals surface area (Å²) in [5, 5.41) is 0.0929. The second-order valence-electron chi connectivity index (χ2n) is 7.47. The fourth-order valence-electron chi connectivity index (χ4n) is 3.63. The summed E-state index contributed by atoms with van der Waals surface area (Å²) < 4.78 is 66.1. The number of hydrogen-bond acceptors (Lipinski definition) is 5. The van der Waals surface area contributed by atoms with Crippen LogP contribution in [0, 0.1) is 5.92 Å². The zero-order valence-corrected chi connectivity index (χ0v) is 15.9. The van der Waals surface area contributed by atoms with Crippen molar-refractivity contribution in [1.82, 2.24) is 14.7 Å². The Morgan fingerprint density at radius 3 is 2.68 bits per heavy atom. The van der Waals surface area contributed by atoms with E-state index in [-0.39, 0.29) is 11.2 Å². The third-order valence-corrected chi connectivity index (χ3v) is 7.21. The third-order valence-electron chi connectivity index (χ3n) is 5.30. The van der Waals surface area contributed by atoms with Crippen LogP contribution in [-0.4, -0.2) is 43.3 Å². The average molecular weight is 414 g/mol. The highest BCUT2D eigenvalue weighted by atomic mass is 32.2. The number of halogens is 3. The van der Waals surface area contributed by atoms with Gasteiger partial charge < -0.3 is 4.90 Å². The lowest BCUT2D eigenvalue weighted by molar-refractivity contribution is -0.137. The SMILES string of the molecule is O=S(=O)(NCC1CCCN(c2ncnc3ccc(C(F)(F)F)cc23)C1)C1CC1. The molecule has 0 radical (unpaired) electrons. The summed E-state index contributed by atoms with van der Waals surface area (Å²) in [6.45, 7) is 1.54. The average Bonchev–Trinajstić information content (AvgIpc) is 3.51. The number of piperidine rings is 1. The Bertz CT molecular complexity index is 976. The summed E-state index contributed by atoms with van der Waals surface area (Å²) in [6, 6.07) is 3.46. The summed E-state index contributed by atoms with van der Waals surface area (Å²) in [6.07, 6.45) is 0.0130. The van der Waals surface area contributed by atoms with Crippen LogP contribution in [0.5, 0.6) is 0 Å². The van der Waals surface area contributed by atoms with Gasteiger partial charge in [-0.25, -0.2) is 23.1 Å². The molecule has 1 saturated heterocycles. The van der Waals surface area contributed by atoms with Gasteiger partial charge in [-0.2, -0.15) is 13.2 Å². The van der Waals surface area contributed by atoms with Crippen LogP contribution in [0.2, 0.25) is 0 Å². The van der Waals surface area contributed by atoms with E-state index in [1.807, 2.05) is 4.90 Å². The Labute approximate surface area is 161 Å². The molecule has 2 heterocycles. The summed E-state index contributed by atoms with van der Waals surface area (Å²) in [7, 11) is -3.24. The first-order valence-electron chi connectivity index (χ1n) is 9.29. The highest BCUT2D eigenvalue weighted by Gasteiger charge is 2.36. The number of sulfonamides is 1. The predicted molar refractivity (Wildman–Crippen MR) is 99.4 cm³/mol. The minimum absolute atomic E-state index is 0.0816. The highest BCUT2D eigenvalue weighted by molar-refractivity contribution is 7.90. The van der Waals surface area contributed by atoms with Crippen LogP contribution in [0.1, 0.15) is 31.2 Å². The molecule has 1 aromatic heterocycles. The number of nitrogens with one attached hydrogen (secondary N) is 1. The van der Waals surface area contributed by atoms with Gasteiger partial charge in [0.1, 0.15) is 12.1 Å². The fourth-order valence-corrected chi connectivity index (χ4v) is 5.09. The molecule has 4 rings (SSSR count). The maximum atomic E-state index is 13.1. The number of rotatable bonds is 5. The molecule has 152 valence electrons. The molecule has 1 unspecified atom stereocenters. The van der Waals surface area contributed by atoms with Crippen molar-refractivity contribution >= 4 is 26.7 Å². The molecule has 1 aromatic carbocycles. The number of nitrogens with zero attached hydrogens (tertiary/aromatic N) is 3. The van der Waals surface area contributed by atoms with Gasteiger partial charge in [-0.15, -0.1) is 0 Å². The molecule has 2 aliphatic rings.